The molecule has 1 aromatic rings. The second-order valence-electron chi connectivity index (χ2n) is 5.13. The molecule has 2 rings (SSSR count). The van der Waals surface area contributed by atoms with E-state index in [1.54, 1.807) is 0 Å². The first kappa shape index (κ1) is 13.8. The van der Waals surface area contributed by atoms with Crippen LogP contribution in [-0.4, -0.2) is 30.3 Å². The van der Waals surface area contributed by atoms with E-state index >= 15 is 0 Å². The average molecular weight is 310 g/mol. The highest BCUT2D eigenvalue weighted by molar-refractivity contribution is 9.10. The van der Waals surface area contributed by atoms with E-state index in [4.69, 9.17) is 0 Å². The highest BCUT2D eigenvalue weighted by Gasteiger charge is 2.21. The van der Waals surface area contributed by atoms with Crippen LogP contribution in [0.1, 0.15) is 31.2 Å². The molecule has 0 bridgehead atoms. The van der Waals surface area contributed by atoms with Crippen LogP contribution in [0.15, 0.2) is 28.7 Å². The molecular formula is C15H20BrNO. The standard InChI is InChI=1S/C15H20BrNO/c1-17(14-6-8-15(18)9-7-14)11-10-12-2-4-13(16)5-3-12/h2-5,14H,6-11H2,1H3. The second-order valence-corrected chi connectivity index (χ2v) is 6.04. The molecule has 0 unspecified atom stereocenters. The van der Waals surface area contributed by atoms with Crippen LogP contribution >= 0.6 is 15.9 Å². The zero-order chi connectivity index (χ0) is 13.0. The minimum absolute atomic E-state index is 0.438. The number of hydrogen-bond acceptors (Lipinski definition) is 2. The topological polar surface area (TPSA) is 20.3 Å². The van der Waals surface area contributed by atoms with Gasteiger partial charge >= 0.3 is 0 Å². The monoisotopic (exact) mass is 309 g/mol. The Balaban J connectivity index is 1.79. The van der Waals surface area contributed by atoms with Crippen LogP contribution in [0.25, 0.3) is 0 Å². The van der Waals surface area contributed by atoms with Gasteiger partial charge in [0.15, 0.2) is 0 Å². The third-order valence-corrected chi connectivity index (χ3v) is 4.33. The van der Waals surface area contributed by atoms with Crippen LogP contribution in [0.4, 0.5) is 0 Å². The first-order valence-electron chi connectivity index (χ1n) is 6.61. The van der Waals surface area contributed by atoms with Crippen LogP contribution in [0.3, 0.4) is 0 Å². The summed E-state index contributed by atoms with van der Waals surface area (Å²) in [6, 6.07) is 9.12. The molecule has 0 radical (unpaired) electrons. The van der Waals surface area contributed by atoms with E-state index in [1.165, 1.54) is 5.56 Å². The number of ketones is 1. The first-order chi connectivity index (χ1) is 8.65. The SMILES string of the molecule is CN(CCc1ccc(Br)cc1)C1CCC(=O)CC1. The Hall–Kier alpha value is -0.670. The molecule has 3 heteroatoms. The molecule has 0 spiro atoms. The fourth-order valence-electron chi connectivity index (χ4n) is 2.50. The minimum atomic E-state index is 0.438. The Morgan fingerprint density at radius 1 is 1.22 bits per heavy atom. The summed E-state index contributed by atoms with van der Waals surface area (Å²) < 4.78 is 1.13. The van der Waals surface area contributed by atoms with Crippen LogP contribution < -0.4 is 0 Å². The third kappa shape index (κ3) is 3.92. The number of hydrogen-bond donors (Lipinski definition) is 0. The normalized spacial score (nSPS) is 17.4. The van der Waals surface area contributed by atoms with Gasteiger partial charge in [-0.1, -0.05) is 28.1 Å². The smallest absolute Gasteiger partial charge is 0.133 e. The molecule has 0 amide bonds. The lowest BCUT2D eigenvalue weighted by atomic mass is 9.93. The van der Waals surface area contributed by atoms with Crippen molar-refractivity contribution in [3.63, 3.8) is 0 Å². The maximum absolute atomic E-state index is 11.2. The summed E-state index contributed by atoms with van der Waals surface area (Å²) >= 11 is 3.45. The van der Waals surface area contributed by atoms with E-state index in [9.17, 15) is 4.79 Å². The number of Topliss-reactive ketones (excluding diaryl/α,β-unsaturated/α-hetero) is 1. The fourth-order valence-corrected chi connectivity index (χ4v) is 2.77. The number of benzene rings is 1. The Bertz CT molecular complexity index is 391. The summed E-state index contributed by atoms with van der Waals surface area (Å²) in [5.74, 6) is 0.438. The number of nitrogens with zero attached hydrogens (tertiary/aromatic N) is 1. The Morgan fingerprint density at radius 3 is 2.44 bits per heavy atom. The Labute approximate surface area is 117 Å². The van der Waals surface area contributed by atoms with Gasteiger partial charge in [0, 0.05) is 29.9 Å². The second kappa shape index (κ2) is 6.48. The molecule has 18 heavy (non-hydrogen) atoms. The molecule has 2 nitrogen and oxygen atoms in total. The fraction of sp³-hybridized carbons (Fsp3) is 0.533. The van der Waals surface area contributed by atoms with Gasteiger partial charge in [-0.25, -0.2) is 0 Å². The van der Waals surface area contributed by atoms with E-state index in [-0.39, 0.29) is 0 Å². The summed E-state index contributed by atoms with van der Waals surface area (Å²) in [4.78, 5) is 13.6. The van der Waals surface area contributed by atoms with E-state index in [1.807, 2.05) is 0 Å². The minimum Gasteiger partial charge on any atom is -0.303 e. The largest absolute Gasteiger partial charge is 0.303 e. The molecule has 0 N–H and O–H groups in total. The van der Waals surface area contributed by atoms with Crippen molar-refractivity contribution < 1.29 is 4.79 Å². The molecule has 0 saturated heterocycles. The van der Waals surface area contributed by atoms with Gasteiger partial charge in [-0.15, -0.1) is 0 Å². The molecule has 0 heterocycles. The molecule has 0 atom stereocenters. The van der Waals surface area contributed by atoms with Crippen molar-refractivity contribution in [3.05, 3.63) is 34.3 Å². The van der Waals surface area contributed by atoms with Crippen molar-refractivity contribution in [1.82, 2.24) is 4.90 Å². The van der Waals surface area contributed by atoms with Gasteiger partial charge in [-0.05, 0) is 44.0 Å². The lowest BCUT2D eigenvalue weighted by molar-refractivity contribution is -0.121. The van der Waals surface area contributed by atoms with Gasteiger partial charge in [-0.2, -0.15) is 0 Å². The predicted octanol–water partition coefficient (Wildman–Crippen LogP) is 3.44. The van der Waals surface area contributed by atoms with Crippen LogP contribution in [-0.2, 0) is 11.2 Å². The first-order valence-corrected chi connectivity index (χ1v) is 7.41. The van der Waals surface area contributed by atoms with E-state index in [2.05, 4.69) is 52.1 Å². The molecule has 1 aromatic carbocycles. The Morgan fingerprint density at radius 2 is 1.83 bits per heavy atom. The Kier molecular flexibility index (Phi) is 4.95. The number of rotatable bonds is 4. The summed E-state index contributed by atoms with van der Waals surface area (Å²) in [5, 5.41) is 0. The number of halogens is 1. The van der Waals surface area contributed by atoms with Crippen molar-refractivity contribution in [2.24, 2.45) is 0 Å². The molecular weight excluding hydrogens is 290 g/mol. The average Bonchev–Trinajstić information content (AvgIpc) is 2.38. The molecule has 1 fully saturated rings. The zero-order valence-electron chi connectivity index (χ0n) is 10.9. The molecule has 1 aliphatic rings. The van der Waals surface area contributed by atoms with Crippen LogP contribution in [0, 0.1) is 0 Å². The van der Waals surface area contributed by atoms with E-state index < -0.39 is 0 Å². The summed E-state index contributed by atoms with van der Waals surface area (Å²) in [6.07, 6.45) is 4.69. The van der Waals surface area contributed by atoms with Crippen LogP contribution in [0.2, 0.25) is 0 Å². The molecule has 0 aromatic heterocycles. The van der Waals surface area contributed by atoms with Crippen molar-refractivity contribution in [2.75, 3.05) is 13.6 Å². The van der Waals surface area contributed by atoms with Gasteiger partial charge in [-0.3, -0.25) is 4.79 Å². The summed E-state index contributed by atoms with van der Waals surface area (Å²) in [6.45, 7) is 1.07. The highest BCUT2D eigenvalue weighted by atomic mass is 79.9. The van der Waals surface area contributed by atoms with E-state index in [0.717, 1.165) is 43.1 Å². The lowest BCUT2D eigenvalue weighted by Crippen LogP contribution is -2.36. The van der Waals surface area contributed by atoms with Crippen molar-refractivity contribution in [1.29, 1.82) is 0 Å². The molecule has 98 valence electrons. The maximum atomic E-state index is 11.2. The van der Waals surface area contributed by atoms with Gasteiger partial charge in [0.05, 0.1) is 0 Å². The van der Waals surface area contributed by atoms with Gasteiger partial charge in [0.1, 0.15) is 5.78 Å². The van der Waals surface area contributed by atoms with E-state index in [0.29, 0.717) is 11.8 Å². The predicted molar refractivity (Wildman–Crippen MR) is 77.7 cm³/mol. The molecule has 1 saturated carbocycles. The summed E-state index contributed by atoms with van der Waals surface area (Å²) in [7, 11) is 2.18. The maximum Gasteiger partial charge on any atom is 0.133 e. The molecule has 1 aliphatic carbocycles. The zero-order valence-corrected chi connectivity index (χ0v) is 12.4. The lowest BCUT2D eigenvalue weighted by Gasteiger charge is -2.30. The van der Waals surface area contributed by atoms with Crippen LogP contribution in [0.5, 0.6) is 0 Å². The number of carbonyl (C=O) groups excluding carboxylic acids is 1. The summed E-state index contributed by atoms with van der Waals surface area (Å²) in [5.41, 5.74) is 1.37. The molecule has 0 aliphatic heterocycles. The quantitative estimate of drug-likeness (QED) is 0.849. The van der Waals surface area contributed by atoms with Gasteiger partial charge < -0.3 is 4.90 Å². The highest BCUT2D eigenvalue weighted by Crippen LogP contribution is 2.20. The van der Waals surface area contributed by atoms with Crippen molar-refractivity contribution >= 4 is 21.7 Å². The van der Waals surface area contributed by atoms with Gasteiger partial charge in [0.2, 0.25) is 0 Å². The van der Waals surface area contributed by atoms with Gasteiger partial charge in [0.25, 0.3) is 0 Å². The number of likely N-dealkylation sites (N-methyl/N-ethyl adjacent to an activating group) is 1. The number of carbonyl (C=O) groups is 1. The van der Waals surface area contributed by atoms with Crippen molar-refractivity contribution in [2.45, 2.75) is 38.1 Å². The van der Waals surface area contributed by atoms with Crippen molar-refractivity contribution in [3.8, 4) is 0 Å². The third-order valence-electron chi connectivity index (χ3n) is 3.80.